The summed E-state index contributed by atoms with van der Waals surface area (Å²) in [5.74, 6) is 0.0234. The van der Waals surface area contributed by atoms with Crippen molar-refractivity contribution in [1.82, 2.24) is 9.80 Å². The first-order valence-electron chi connectivity index (χ1n) is 4.29. The Hall–Kier alpha value is -0.610. The Labute approximate surface area is 73.3 Å². The van der Waals surface area contributed by atoms with Gasteiger partial charge in [-0.2, -0.15) is 0 Å². The number of carbonyl (C=O) groups excluding carboxylic acids is 1. The van der Waals surface area contributed by atoms with Crippen molar-refractivity contribution in [3.05, 3.63) is 0 Å². The predicted octanol–water partition coefficient (Wildman–Crippen LogP) is -0.892. The minimum Gasteiger partial charge on any atom is -0.343 e. The van der Waals surface area contributed by atoms with E-state index in [2.05, 4.69) is 11.9 Å². The standard InChI is InChI=1S/C8H17N3O/c1-10-4-3-7(10)6-11(2)8(12)5-9/h7H,3-6,9H2,1-2H3. The molecule has 1 rings (SSSR count). The lowest BCUT2D eigenvalue weighted by Gasteiger charge is -2.39. The highest BCUT2D eigenvalue weighted by Gasteiger charge is 2.25. The third kappa shape index (κ3) is 1.95. The average molecular weight is 171 g/mol. The quantitative estimate of drug-likeness (QED) is 0.599. The SMILES string of the molecule is CN(CC1CCN1C)C(=O)CN. The maximum atomic E-state index is 11.1. The molecule has 1 fully saturated rings. The van der Waals surface area contributed by atoms with Crippen molar-refractivity contribution in [3.8, 4) is 0 Å². The van der Waals surface area contributed by atoms with Gasteiger partial charge in [0.2, 0.25) is 5.91 Å². The molecule has 1 saturated heterocycles. The molecule has 0 spiro atoms. The van der Waals surface area contributed by atoms with E-state index in [1.807, 2.05) is 0 Å². The number of likely N-dealkylation sites (tertiary alicyclic amines) is 1. The van der Waals surface area contributed by atoms with Crippen LogP contribution in [0, 0.1) is 0 Å². The molecule has 0 aromatic rings. The Bertz CT molecular complexity index is 172. The number of nitrogens with zero attached hydrogens (tertiary/aromatic N) is 2. The van der Waals surface area contributed by atoms with Gasteiger partial charge in [-0.25, -0.2) is 0 Å². The monoisotopic (exact) mass is 171 g/mol. The van der Waals surface area contributed by atoms with E-state index in [4.69, 9.17) is 5.73 Å². The van der Waals surface area contributed by atoms with Crippen LogP contribution in [0.25, 0.3) is 0 Å². The highest BCUT2D eigenvalue weighted by atomic mass is 16.2. The fraction of sp³-hybridized carbons (Fsp3) is 0.875. The molecule has 1 unspecified atom stereocenters. The van der Waals surface area contributed by atoms with Crippen LogP contribution in [0.3, 0.4) is 0 Å². The molecule has 70 valence electrons. The first kappa shape index (κ1) is 9.48. The number of carbonyl (C=O) groups is 1. The van der Waals surface area contributed by atoms with Crippen molar-refractivity contribution >= 4 is 5.91 Å². The number of hydrogen-bond acceptors (Lipinski definition) is 3. The first-order chi connectivity index (χ1) is 5.65. The fourth-order valence-corrected chi connectivity index (χ4v) is 1.37. The average Bonchev–Trinajstić information content (AvgIpc) is 2.09. The van der Waals surface area contributed by atoms with Crippen LogP contribution in [0.15, 0.2) is 0 Å². The molecule has 0 aliphatic carbocycles. The summed E-state index contributed by atoms with van der Waals surface area (Å²) in [7, 11) is 3.89. The number of hydrogen-bond donors (Lipinski definition) is 1. The highest BCUT2D eigenvalue weighted by Crippen LogP contribution is 2.14. The second-order valence-electron chi connectivity index (χ2n) is 3.40. The van der Waals surface area contributed by atoms with E-state index in [0.717, 1.165) is 13.1 Å². The zero-order valence-corrected chi connectivity index (χ0v) is 7.79. The molecular formula is C8H17N3O. The zero-order valence-electron chi connectivity index (χ0n) is 7.79. The summed E-state index contributed by atoms with van der Waals surface area (Å²) in [6.07, 6.45) is 1.19. The molecule has 0 bridgehead atoms. The van der Waals surface area contributed by atoms with E-state index >= 15 is 0 Å². The molecule has 12 heavy (non-hydrogen) atoms. The molecule has 4 heteroatoms. The Kier molecular flexibility index (Phi) is 3.05. The van der Waals surface area contributed by atoms with Gasteiger partial charge in [0, 0.05) is 19.6 Å². The first-order valence-corrected chi connectivity index (χ1v) is 4.29. The summed E-state index contributed by atoms with van der Waals surface area (Å²) < 4.78 is 0. The lowest BCUT2D eigenvalue weighted by molar-refractivity contribution is -0.129. The van der Waals surface area contributed by atoms with Crippen LogP contribution in [0.4, 0.5) is 0 Å². The highest BCUT2D eigenvalue weighted by molar-refractivity contribution is 5.77. The molecule has 1 heterocycles. The minimum atomic E-state index is 0.0234. The molecular weight excluding hydrogens is 154 g/mol. The van der Waals surface area contributed by atoms with Crippen molar-refractivity contribution in [1.29, 1.82) is 0 Å². The lowest BCUT2D eigenvalue weighted by Crippen LogP contribution is -2.52. The molecule has 0 saturated carbocycles. The zero-order chi connectivity index (χ0) is 9.14. The minimum absolute atomic E-state index is 0.0234. The third-order valence-corrected chi connectivity index (χ3v) is 2.52. The maximum Gasteiger partial charge on any atom is 0.236 e. The third-order valence-electron chi connectivity index (χ3n) is 2.52. The van der Waals surface area contributed by atoms with Gasteiger partial charge in [-0.3, -0.25) is 4.79 Å². The van der Waals surface area contributed by atoms with E-state index in [9.17, 15) is 4.79 Å². The summed E-state index contributed by atoms with van der Waals surface area (Å²) in [6.45, 7) is 2.08. The Morgan fingerprint density at radius 1 is 1.75 bits per heavy atom. The van der Waals surface area contributed by atoms with E-state index in [-0.39, 0.29) is 12.5 Å². The van der Waals surface area contributed by atoms with E-state index in [1.165, 1.54) is 6.42 Å². The van der Waals surface area contributed by atoms with Gasteiger partial charge < -0.3 is 15.5 Å². The molecule has 1 aliphatic rings. The van der Waals surface area contributed by atoms with E-state index in [0.29, 0.717) is 6.04 Å². The smallest absolute Gasteiger partial charge is 0.236 e. The Balaban J connectivity index is 2.25. The van der Waals surface area contributed by atoms with Crippen LogP contribution in [0.2, 0.25) is 0 Å². The van der Waals surface area contributed by atoms with Crippen LogP contribution in [-0.2, 0) is 4.79 Å². The van der Waals surface area contributed by atoms with Gasteiger partial charge in [-0.1, -0.05) is 0 Å². The van der Waals surface area contributed by atoms with Crippen molar-refractivity contribution in [2.24, 2.45) is 5.73 Å². The normalized spacial score (nSPS) is 23.4. The molecule has 1 amide bonds. The Morgan fingerprint density at radius 3 is 2.75 bits per heavy atom. The molecule has 2 N–H and O–H groups in total. The van der Waals surface area contributed by atoms with Gasteiger partial charge in [-0.05, 0) is 20.0 Å². The van der Waals surface area contributed by atoms with Crippen LogP contribution < -0.4 is 5.73 Å². The van der Waals surface area contributed by atoms with Crippen LogP contribution in [0.1, 0.15) is 6.42 Å². The number of likely N-dealkylation sites (N-methyl/N-ethyl adjacent to an activating group) is 2. The van der Waals surface area contributed by atoms with Crippen molar-refractivity contribution < 1.29 is 4.79 Å². The number of nitrogens with two attached hydrogens (primary N) is 1. The second-order valence-corrected chi connectivity index (χ2v) is 3.40. The molecule has 0 aromatic carbocycles. The summed E-state index contributed by atoms with van der Waals surface area (Å²) in [5.41, 5.74) is 5.24. The lowest BCUT2D eigenvalue weighted by atomic mass is 10.0. The summed E-state index contributed by atoms with van der Waals surface area (Å²) >= 11 is 0. The maximum absolute atomic E-state index is 11.1. The van der Waals surface area contributed by atoms with Gasteiger partial charge in [0.15, 0.2) is 0 Å². The topological polar surface area (TPSA) is 49.6 Å². The van der Waals surface area contributed by atoms with E-state index in [1.54, 1.807) is 11.9 Å². The van der Waals surface area contributed by atoms with Gasteiger partial charge in [0.25, 0.3) is 0 Å². The second kappa shape index (κ2) is 3.87. The number of amides is 1. The summed E-state index contributed by atoms with van der Waals surface area (Å²) in [5, 5.41) is 0. The van der Waals surface area contributed by atoms with Gasteiger partial charge >= 0.3 is 0 Å². The summed E-state index contributed by atoms with van der Waals surface area (Å²) in [4.78, 5) is 15.0. The van der Waals surface area contributed by atoms with Crippen molar-refractivity contribution in [3.63, 3.8) is 0 Å². The van der Waals surface area contributed by atoms with Crippen molar-refractivity contribution in [2.45, 2.75) is 12.5 Å². The fourth-order valence-electron chi connectivity index (χ4n) is 1.37. The van der Waals surface area contributed by atoms with E-state index < -0.39 is 0 Å². The molecule has 1 aliphatic heterocycles. The van der Waals surface area contributed by atoms with Crippen LogP contribution in [-0.4, -0.2) is 55.5 Å². The number of rotatable bonds is 3. The van der Waals surface area contributed by atoms with Crippen molar-refractivity contribution in [2.75, 3.05) is 33.7 Å². The Morgan fingerprint density at radius 2 is 2.42 bits per heavy atom. The molecule has 0 aromatic heterocycles. The summed E-state index contributed by atoms with van der Waals surface area (Å²) in [6, 6.07) is 0.547. The predicted molar refractivity (Wildman–Crippen MR) is 47.7 cm³/mol. The van der Waals surface area contributed by atoms with Crippen LogP contribution >= 0.6 is 0 Å². The molecule has 0 radical (unpaired) electrons. The molecule has 1 atom stereocenters. The van der Waals surface area contributed by atoms with Gasteiger partial charge in [0.1, 0.15) is 0 Å². The van der Waals surface area contributed by atoms with Gasteiger partial charge in [-0.15, -0.1) is 0 Å². The molecule has 4 nitrogen and oxygen atoms in total. The van der Waals surface area contributed by atoms with Gasteiger partial charge in [0.05, 0.1) is 6.54 Å². The van der Waals surface area contributed by atoms with Crippen LogP contribution in [0.5, 0.6) is 0 Å². The largest absolute Gasteiger partial charge is 0.343 e.